The van der Waals surface area contributed by atoms with Crippen LogP contribution in [0.2, 0.25) is 0 Å². The molecule has 3 rings (SSSR count). The summed E-state index contributed by atoms with van der Waals surface area (Å²) in [7, 11) is 0. The monoisotopic (exact) mass is 371 g/mol. The molecule has 26 heavy (non-hydrogen) atoms. The van der Waals surface area contributed by atoms with Crippen LogP contribution in [0.25, 0.3) is 10.2 Å². The molecule has 7 nitrogen and oxygen atoms in total. The third-order valence-corrected chi connectivity index (χ3v) is 4.94. The van der Waals surface area contributed by atoms with Crippen molar-refractivity contribution in [2.75, 3.05) is 5.32 Å². The lowest BCUT2D eigenvalue weighted by Gasteiger charge is -2.07. The molecule has 0 saturated heterocycles. The molecular formula is C18H17N3O4S. The van der Waals surface area contributed by atoms with Crippen molar-refractivity contribution in [2.45, 2.75) is 25.7 Å². The summed E-state index contributed by atoms with van der Waals surface area (Å²) in [5, 5.41) is 24.0. The first-order chi connectivity index (χ1) is 12.5. The van der Waals surface area contributed by atoms with Crippen LogP contribution in [0.4, 0.5) is 11.4 Å². The lowest BCUT2D eigenvalue weighted by atomic mass is 10.2. The number of nitrogens with zero attached hydrogens (tertiary/aromatic N) is 2. The number of aryl methyl sites for hydroxylation is 1. The maximum Gasteiger partial charge on any atom is 0.271 e. The van der Waals surface area contributed by atoms with E-state index in [1.165, 1.54) is 12.1 Å². The number of hydrogen-bond acceptors (Lipinski definition) is 6. The van der Waals surface area contributed by atoms with Gasteiger partial charge in [-0.2, -0.15) is 0 Å². The summed E-state index contributed by atoms with van der Waals surface area (Å²) in [6.45, 7) is 0. The molecule has 1 amide bonds. The highest BCUT2D eigenvalue weighted by atomic mass is 32.1. The number of carbonyl (C=O) groups is 1. The van der Waals surface area contributed by atoms with Gasteiger partial charge in [0.1, 0.15) is 5.75 Å². The molecule has 0 spiro atoms. The number of hydrogen-bond donors (Lipinski definition) is 2. The number of amides is 1. The molecule has 0 bridgehead atoms. The zero-order valence-corrected chi connectivity index (χ0v) is 14.7. The SMILES string of the molecule is O=C(CCCCc1nc2ccccc2s1)Nc1cc([N+](=O)[O-])ccc1O. The number of non-ortho nitro benzene ring substituents is 1. The number of anilines is 1. The van der Waals surface area contributed by atoms with E-state index < -0.39 is 4.92 Å². The Bertz CT molecular complexity index is 922. The number of phenolic OH excluding ortho intramolecular Hbond substituents is 1. The zero-order chi connectivity index (χ0) is 18.5. The van der Waals surface area contributed by atoms with Crippen LogP contribution in [0.3, 0.4) is 0 Å². The van der Waals surface area contributed by atoms with Crippen molar-refractivity contribution in [2.24, 2.45) is 0 Å². The van der Waals surface area contributed by atoms with Crippen LogP contribution < -0.4 is 5.32 Å². The van der Waals surface area contributed by atoms with E-state index in [-0.39, 0.29) is 29.5 Å². The van der Waals surface area contributed by atoms with Gasteiger partial charge in [0, 0.05) is 18.6 Å². The number of carbonyl (C=O) groups excluding carboxylic acids is 1. The fourth-order valence-electron chi connectivity index (χ4n) is 2.54. The van der Waals surface area contributed by atoms with E-state index in [1.54, 1.807) is 11.3 Å². The first kappa shape index (κ1) is 17.8. The molecule has 134 valence electrons. The van der Waals surface area contributed by atoms with Gasteiger partial charge in [-0.1, -0.05) is 12.1 Å². The number of fused-ring (bicyclic) bond motifs is 1. The number of nitrogens with one attached hydrogen (secondary N) is 1. The number of para-hydroxylation sites is 1. The van der Waals surface area contributed by atoms with Crippen molar-refractivity contribution >= 4 is 38.8 Å². The summed E-state index contributed by atoms with van der Waals surface area (Å²) >= 11 is 1.66. The van der Waals surface area contributed by atoms with E-state index >= 15 is 0 Å². The highest BCUT2D eigenvalue weighted by Crippen LogP contribution is 2.28. The van der Waals surface area contributed by atoms with E-state index in [4.69, 9.17) is 0 Å². The Balaban J connectivity index is 1.48. The molecule has 0 aliphatic rings. The molecule has 0 atom stereocenters. The molecular weight excluding hydrogens is 354 g/mol. The number of phenols is 1. The second-order valence-corrected chi connectivity index (χ2v) is 6.90. The second kappa shape index (κ2) is 7.92. The number of aromatic hydroxyl groups is 1. The number of nitro benzene ring substituents is 1. The fraction of sp³-hybridized carbons (Fsp3) is 0.222. The van der Waals surface area contributed by atoms with Gasteiger partial charge in [0.2, 0.25) is 5.91 Å². The smallest absolute Gasteiger partial charge is 0.271 e. The topological polar surface area (TPSA) is 105 Å². The van der Waals surface area contributed by atoms with Gasteiger partial charge in [0.25, 0.3) is 5.69 Å². The third-order valence-electron chi connectivity index (χ3n) is 3.85. The van der Waals surface area contributed by atoms with Crippen molar-refractivity contribution in [1.29, 1.82) is 0 Å². The van der Waals surface area contributed by atoms with Crippen molar-refractivity contribution in [3.8, 4) is 5.75 Å². The Morgan fingerprint density at radius 2 is 2.04 bits per heavy atom. The molecule has 0 radical (unpaired) electrons. The highest BCUT2D eigenvalue weighted by molar-refractivity contribution is 7.18. The van der Waals surface area contributed by atoms with E-state index in [9.17, 15) is 20.0 Å². The zero-order valence-electron chi connectivity index (χ0n) is 13.8. The van der Waals surface area contributed by atoms with Gasteiger partial charge in [-0.15, -0.1) is 11.3 Å². The average molecular weight is 371 g/mol. The molecule has 0 unspecified atom stereocenters. The van der Waals surface area contributed by atoms with Crippen LogP contribution in [0.5, 0.6) is 5.75 Å². The summed E-state index contributed by atoms with van der Waals surface area (Å²) < 4.78 is 1.15. The molecule has 2 aromatic carbocycles. The Kier molecular flexibility index (Phi) is 5.43. The van der Waals surface area contributed by atoms with Gasteiger partial charge >= 0.3 is 0 Å². The standard InChI is InChI=1S/C18H17N3O4S/c22-15-10-9-12(21(24)25)11-14(15)19-17(23)7-3-4-8-18-20-13-5-1-2-6-16(13)26-18/h1-2,5-6,9-11,22H,3-4,7-8H2,(H,19,23). The quantitative estimate of drug-likeness (QED) is 0.279. The normalized spacial score (nSPS) is 10.8. The van der Waals surface area contributed by atoms with Crippen LogP contribution in [-0.4, -0.2) is 20.9 Å². The number of benzene rings is 2. The maximum atomic E-state index is 12.0. The minimum atomic E-state index is -0.576. The van der Waals surface area contributed by atoms with Gasteiger partial charge in [-0.25, -0.2) is 4.98 Å². The highest BCUT2D eigenvalue weighted by Gasteiger charge is 2.12. The van der Waals surface area contributed by atoms with E-state index in [0.717, 1.165) is 34.1 Å². The van der Waals surface area contributed by atoms with Crippen molar-refractivity contribution in [1.82, 2.24) is 4.98 Å². The largest absolute Gasteiger partial charge is 0.506 e. The fourth-order valence-corrected chi connectivity index (χ4v) is 3.55. The number of nitro groups is 1. The Morgan fingerprint density at radius 1 is 1.23 bits per heavy atom. The Morgan fingerprint density at radius 3 is 2.81 bits per heavy atom. The number of rotatable bonds is 7. The summed E-state index contributed by atoms with van der Waals surface area (Å²) in [6.07, 6.45) is 2.55. The van der Waals surface area contributed by atoms with Crippen LogP contribution in [-0.2, 0) is 11.2 Å². The molecule has 3 aromatic rings. The van der Waals surface area contributed by atoms with E-state index in [1.807, 2.05) is 24.3 Å². The molecule has 0 fully saturated rings. The van der Waals surface area contributed by atoms with Gasteiger partial charge < -0.3 is 10.4 Å². The van der Waals surface area contributed by atoms with Gasteiger partial charge in [0.05, 0.1) is 25.8 Å². The van der Waals surface area contributed by atoms with Crippen LogP contribution in [0.15, 0.2) is 42.5 Å². The van der Waals surface area contributed by atoms with Gasteiger partial charge in [-0.3, -0.25) is 14.9 Å². The van der Waals surface area contributed by atoms with Crippen LogP contribution in [0, 0.1) is 10.1 Å². The summed E-state index contributed by atoms with van der Waals surface area (Å²) in [6, 6.07) is 11.5. The Hall–Kier alpha value is -3.00. The average Bonchev–Trinajstić information content (AvgIpc) is 3.03. The maximum absolute atomic E-state index is 12.0. The number of thiazole rings is 1. The van der Waals surface area contributed by atoms with Crippen molar-refractivity contribution < 1.29 is 14.8 Å². The summed E-state index contributed by atoms with van der Waals surface area (Å²) in [4.78, 5) is 26.7. The molecule has 8 heteroatoms. The molecule has 0 aliphatic heterocycles. The summed E-state index contributed by atoms with van der Waals surface area (Å²) in [5.41, 5.74) is 0.857. The molecule has 1 aromatic heterocycles. The van der Waals surface area contributed by atoms with Crippen LogP contribution in [0.1, 0.15) is 24.3 Å². The molecule has 0 aliphatic carbocycles. The first-order valence-corrected chi connectivity index (χ1v) is 8.96. The number of aromatic nitrogens is 1. The number of unbranched alkanes of at least 4 members (excludes halogenated alkanes) is 1. The predicted molar refractivity (Wildman–Crippen MR) is 101 cm³/mol. The van der Waals surface area contributed by atoms with Crippen molar-refractivity contribution in [3.05, 3.63) is 57.6 Å². The minimum Gasteiger partial charge on any atom is -0.506 e. The Labute approximate surface area is 153 Å². The van der Waals surface area contributed by atoms with Crippen molar-refractivity contribution in [3.63, 3.8) is 0 Å². The van der Waals surface area contributed by atoms with E-state index in [0.29, 0.717) is 6.42 Å². The molecule has 1 heterocycles. The lowest BCUT2D eigenvalue weighted by molar-refractivity contribution is -0.384. The molecule has 0 saturated carbocycles. The molecule has 2 N–H and O–H groups in total. The predicted octanol–water partition coefficient (Wildman–Crippen LogP) is 4.26. The first-order valence-electron chi connectivity index (χ1n) is 8.14. The lowest BCUT2D eigenvalue weighted by Crippen LogP contribution is -2.11. The van der Waals surface area contributed by atoms with Gasteiger partial charge in [0.15, 0.2) is 0 Å². The van der Waals surface area contributed by atoms with Crippen LogP contribution >= 0.6 is 11.3 Å². The minimum absolute atomic E-state index is 0.0513. The second-order valence-electron chi connectivity index (χ2n) is 5.79. The third kappa shape index (κ3) is 4.34. The summed E-state index contributed by atoms with van der Waals surface area (Å²) in [5.74, 6) is -0.483. The van der Waals surface area contributed by atoms with Gasteiger partial charge in [-0.05, 0) is 37.5 Å². The van der Waals surface area contributed by atoms with E-state index in [2.05, 4.69) is 10.3 Å².